The highest BCUT2D eigenvalue weighted by Crippen LogP contribution is 2.45. The summed E-state index contributed by atoms with van der Waals surface area (Å²) < 4.78 is 9.34. The van der Waals surface area contributed by atoms with Crippen molar-refractivity contribution >= 4 is 87.5 Å². The van der Waals surface area contributed by atoms with E-state index in [2.05, 4.69) is 358 Å². The van der Waals surface area contributed by atoms with E-state index in [-0.39, 0.29) is 0 Å². The first-order valence-electron chi connectivity index (χ1n) is 37.8. The third kappa shape index (κ3) is 11.4. The van der Waals surface area contributed by atoms with Gasteiger partial charge in [-0.2, -0.15) is 0 Å². The molecule has 22 aromatic rings. The summed E-state index contributed by atoms with van der Waals surface area (Å²) >= 11 is 0. The van der Waals surface area contributed by atoms with Crippen molar-refractivity contribution in [3.05, 3.63) is 407 Å². The molecule has 13 aromatic carbocycles. The maximum absolute atomic E-state index is 5.25. The number of fused-ring (bicyclic) bond motifs is 12. The molecule has 0 aliphatic rings. The lowest BCUT2D eigenvalue weighted by Gasteiger charge is -2.13. The normalized spacial score (nSPS) is 11.6. The predicted molar refractivity (Wildman–Crippen MR) is 463 cm³/mol. The van der Waals surface area contributed by atoms with Gasteiger partial charge in [0.25, 0.3) is 0 Å². The van der Waals surface area contributed by atoms with E-state index in [1.807, 2.05) is 67.3 Å². The molecule has 22 rings (SSSR count). The number of hydrogen-bond donors (Lipinski definition) is 0. The van der Waals surface area contributed by atoms with E-state index in [9.17, 15) is 0 Å². The molecule has 0 N–H and O–H groups in total. The first-order valence-corrected chi connectivity index (χ1v) is 37.8. The van der Waals surface area contributed by atoms with Crippen LogP contribution in [0.15, 0.2) is 407 Å². The van der Waals surface area contributed by atoms with Crippen molar-refractivity contribution < 1.29 is 0 Å². The van der Waals surface area contributed by atoms with E-state index in [4.69, 9.17) is 24.9 Å². The second-order valence-corrected chi connectivity index (χ2v) is 28.3. The van der Waals surface area contributed by atoms with Crippen LogP contribution in [0.5, 0.6) is 0 Å². The number of para-hydroxylation sites is 4. The minimum absolute atomic E-state index is 0.927. The highest BCUT2D eigenvalue weighted by Gasteiger charge is 2.23. The molecule has 0 atom stereocenters. The minimum atomic E-state index is 0.927. The van der Waals surface area contributed by atoms with Gasteiger partial charge in [0.2, 0.25) is 0 Å². The summed E-state index contributed by atoms with van der Waals surface area (Å²) in [6.07, 6.45) is 7.45. The molecule has 0 radical (unpaired) electrons. The maximum Gasteiger partial charge on any atom is 0.145 e. The van der Waals surface area contributed by atoms with Gasteiger partial charge in [-0.15, -0.1) is 0 Å². The Bertz CT molecular complexity index is 6790. The molecular weight excluding hydrogens is 1360 g/mol. The molecule has 9 heterocycles. The molecule has 0 bridgehead atoms. The van der Waals surface area contributed by atoms with E-state index >= 15 is 0 Å². The van der Waals surface area contributed by atoms with E-state index in [0.29, 0.717) is 0 Å². The minimum Gasteiger partial charge on any atom is -0.309 e. The van der Waals surface area contributed by atoms with Crippen LogP contribution in [-0.4, -0.2) is 43.2 Å². The van der Waals surface area contributed by atoms with Gasteiger partial charge in [0.05, 0.1) is 55.9 Å². The van der Waals surface area contributed by atoms with Crippen molar-refractivity contribution in [3.8, 4) is 112 Å². The Morgan fingerprint density at radius 2 is 0.545 bits per heavy atom. The monoisotopic (exact) mass is 1430 g/mol. The van der Waals surface area contributed by atoms with Crippen LogP contribution in [0.3, 0.4) is 0 Å². The summed E-state index contributed by atoms with van der Waals surface area (Å²) in [5.74, 6) is 0. The third-order valence-corrected chi connectivity index (χ3v) is 21.8. The molecule has 9 aromatic heterocycles. The zero-order valence-corrected chi connectivity index (χ0v) is 60.7. The molecule has 0 fully saturated rings. The molecule has 524 valence electrons. The second-order valence-electron chi connectivity index (χ2n) is 28.3. The molecule has 0 unspecified atom stereocenters. The topological polar surface area (TPSA) is 84.2 Å². The Kier molecular flexibility index (Phi) is 16.0. The zero-order chi connectivity index (χ0) is 74.0. The van der Waals surface area contributed by atoms with E-state index in [1.165, 1.54) is 60.1 Å². The van der Waals surface area contributed by atoms with Crippen LogP contribution in [0.2, 0.25) is 0 Å². The van der Waals surface area contributed by atoms with Gasteiger partial charge in [-0.25, -0.2) is 15.0 Å². The van der Waals surface area contributed by atoms with E-state index in [0.717, 1.165) is 140 Å². The summed E-state index contributed by atoms with van der Waals surface area (Å²) in [5.41, 5.74) is 30.5. The zero-order valence-electron chi connectivity index (χ0n) is 60.7. The van der Waals surface area contributed by atoms with Gasteiger partial charge >= 0.3 is 0 Å². The average Bonchev–Trinajstić information content (AvgIpc) is 1.57. The number of hydrogen-bond acceptors (Lipinski definition) is 5. The lowest BCUT2D eigenvalue weighted by molar-refractivity contribution is 1.14. The summed E-state index contributed by atoms with van der Waals surface area (Å²) in [7, 11) is 0. The van der Waals surface area contributed by atoms with Crippen molar-refractivity contribution in [1.29, 1.82) is 0 Å². The Labute approximate surface area is 645 Å². The fraction of sp³-hybridized carbons (Fsp3) is 0. The van der Waals surface area contributed by atoms with Crippen LogP contribution in [-0.2, 0) is 0 Å². The molecule has 9 heteroatoms. The summed E-state index contributed by atoms with van der Waals surface area (Å²) in [6, 6.07) is 136. The van der Waals surface area contributed by atoms with Crippen LogP contribution < -0.4 is 0 Å². The molecule has 0 saturated heterocycles. The van der Waals surface area contributed by atoms with Crippen LogP contribution >= 0.6 is 0 Å². The maximum atomic E-state index is 5.25. The van der Waals surface area contributed by atoms with Crippen molar-refractivity contribution in [1.82, 2.24) is 43.2 Å². The SMILES string of the molecule is c1ccc(-c2cc(-c3ccccc3)nc(-c3cccc(-n4c5ccccc5c5c(-c6ccc7c(c6)c6cccnc6n7-c6ccccc6)cccc54)c3)c2)cc1.c1ccc(-n2c3ccc(-c4cccc5c4c4ccccc4n5-c4cccc(-c5cc(-c6ccccn6)cc(-c6ccccn6)c5)c4)cc3c3cccnc32)cc1. The van der Waals surface area contributed by atoms with E-state index in [1.54, 1.807) is 0 Å². The lowest BCUT2D eigenvalue weighted by Crippen LogP contribution is -1.96. The highest BCUT2D eigenvalue weighted by atomic mass is 15.1. The Hall–Kier alpha value is -15.2. The summed E-state index contributed by atoms with van der Waals surface area (Å²) in [6.45, 7) is 0. The molecule has 112 heavy (non-hydrogen) atoms. The average molecular weight is 1430 g/mol. The van der Waals surface area contributed by atoms with Gasteiger partial charge < -0.3 is 9.13 Å². The highest BCUT2D eigenvalue weighted by molar-refractivity contribution is 6.19. The van der Waals surface area contributed by atoms with Crippen LogP contribution in [0.25, 0.3) is 200 Å². The van der Waals surface area contributed by atoms with E-state index < -0.39 is 0 Å². The van der Waals surface area contributed by atoms with Crippen LogP contribution in [0.4, 0.5) is 0 Å². The number of benzene rings is 13. The number of pyridine rings is 5. The third-order valence-electron chi connectivity index (χ3n) is 21.8. The van der Waals surface area contributed by atoms with Crippen molar-refractivity contribution in [3.63, 3.8) is 0 Å². The Balaban J connectivity index is 0.000000141. The van der Waals surface area contributed by atoms with Crippen LogP contribution in [0, 0.1) is 0 Å². The molecule has 9 nitrogen and oxygen atoms in total. The first-order chi connectivity index (χ1) is 55.6. The number of nitrogens with zero attached hydrogens (tertiary/aromatic N) is 9. The molecular formula is C103H67N9. The molecule has 0 aliphatic heterocycles. The second kappa shape index (κ2) is 27.5. The van der Waals surface area contributed by atoms with Gasteiger partial charge in [0.1, 0.15) is 11.3 Å². The van der Waals surface area contributed by atoms with Crippen molar-refractivity contribution in [2.75, 3.05) is 0 Å². The Morgan fingerprint density at radius 3 is 1.05 bits per heavy atom. The largest absolute Gasteiger partial charge is 0.309 e. The number of aromatic nitrogens is 9. The van der Waals surface area contributed by atoms with Gasteiger partial charge in [0.15, 0.2) is 0 Å². The fourth-order valence-corrected chi connectivity index (χ4v) is 16.8. The van der Waals surface area contributed by atoms with Crippen LogP contribution in [0.1, 0.15) is 0 Å². The van der Waals surface area contributed by atoms with Gasteiger partial charge in [0, 0.05) is 113 Å². The quantitative estimate of drug-likeness (QED) is 0.122. The molecule has 0 amide bonds. The smallest absolute Gasteiger partial charge is 0.145 e. The van der Waals surface area contributed by atoms with Gasteiger partial charge in [-0.05, 0) is 220 Å². The van der Waals surface area contributed by atoms with Gasteiger partial charge in [-0.3, -0.25) is 19.1 Å². The molecule has 0 spiro atoms. The standard InChI is InChI=1S/C52H34N4.C51H33N5/c1-4-15-35(16-5-1)39-33-46(36-17-6-2-7-18-36)54-47(34-39)38-19-12-22-41(31-38)55-48-26-11-10-23-44(48)51-42(24-13-27-50(51)55)37-28-29-49-45(32-37)43-25-14-30-53-52(43)56(49)40-20-8-3-9-21-40;1-2-14-39(15-3-1)56-48-25-24-35(33-44(48)42-19-12-28-54-51(42)56)41-18-11-23-49-50(41)43-17-4-5-22-47(43)55(49)40-16-10-13-34(32-40)36-29-37(45-20-6-8-26-52-45)31-38(30-36)46-21-7-9-27-53-46/h1-34H;1-33H. The predicted octanol–water partition coefficient (Wildman–Crippen LogP) is 26.1. The Morgan fingerprint density at radius 1 is 0.170 bits per heavy atom. The number of rotatable bonds is 12. The molecule has 0 aliphatic carbocycles. The molecule has 0 saturated carbocycles. The summed E-state index contributed by atoms with van der Waals surface area (Å²) in [5, 5.41) is 9.53. The van der Waals surface area contributed by atoms with Crippen molar-refractivity contribution in [2.45, 2.75) is 0 Å². The fourth-order valence-electron chi connectivity index (χ4n) is 16.8. The summed E-state index contributed by atoms with van der Waals surface area (Å²) in [4.78, 5) is 24.3. The van der Waals surface area contributed by atoms with Crippen molar-refractivity contribution in [2.24, 2.45) is 0 Å². The van der Waals surface area contributed by atoms with Gasteiger partial charge in [-0.1, -0.05) is 206 Å². The first kappa shape index (κ1) is 65.1. The lowest BCUT2D eigenvalue weighted by atomic mass is 9.96.